The summed E-state index contributed by atoms with van der Waals surface area (Å²) in [4.78, 5) is 16.6. The fraction of sp³-hybridized carbons (Fsp3) is 0.526. The van der Waals surface area contributed by atoms with Crippen molar-refractivity contribution in [3.05, 3.63) is 36.7 Å². The zero-order valence-corrected chi connectivity index (χ0v) is 14.6. The Morgan fingerprint density at radius 2 is 1.79 bits per heavy atom. The van der Waals surface area contributed by atoms with E-state index in [0.29, 0.717) is 12.4 Å². The average molecular weight is 328 g/mol. The number of rotatable bonds is 4. The first-order chi connectivity index (χ1) is 11.6. The highest BCUT2D eigenvalue weighted by atomic mass is 16.2. The molecule has 0 aromatic heterocycles. The van der Waals surface area contributed by atoms with Crippen LogP contribution in [0.4, 0.5) is 11.4 Å². The predicted octanol–water partition coefficient (Wildman–Crippen LogP) is 2.77. The quantitative estimate of drug-likeness (QED) is 0.892. The Bertz CT molecular complexity index is 576. The smallest absolute Gasteiger partial charge is 0.250 e. The number of nitrogens with one attached hydrogen (secondary N) is 2. The highest BCUT2D eigenvalue weighted by Gasteiger charge is 2.25. The normalized spacial score (nSPS) is 19.6. The van der Waals surface area contributed by atoms with Crippen molar-refractivity contribution in [2.24, 2.45) is 0 Å². The van der Waals surface area contributed by atoms with Crippen molar-refractivity contribution in [1.82, 2.24) is 10.2 Å². The van der Waals surface area contributed by atoms with Crippen molar-refractivity contribution in [2.45, 2.75) is 38.6 Å². The van der Waals surface area contributed by atoms with Gasteiger partial charge in [0.2, 0.25) is 5.91 Å². The van der Waals surface area contributed by atoms with Gasteiger partial charge >= 0.3 is 0 Å². The third kappa shape index (κ3) is 3.83. The second-order valence-corrected chi connectivity index (χ2v) is 6.68. The minimum Gasteiger partial charge on any atom is -0.374 e. The molecule has 2 heterocycles. The fourth-order valence-electron chi connectivity index (χ4n) is 3.43. The van der Waals surface area contributed by atoms with Crippen molar-refractivity contribution < 1.29 is 4.79 Å². The standard InChI is InChI=1S/C19H28N4O/c1-15(19(24)23-14-11-20-16(23)2)21-17-7-9-18(10-8-17)22-12-5-3-4-6-13-22/h7-10,15,20-21H,2-6,11-14H2,1H3. The molecule has 2 fully saturated rings. The van der Waals surface area contributed by atoms with Crippen molar-refractivity contribution >= 4 is 17.3 Å². The molecule has 1 unspecified atom stereocenters. The van der Waals surface area contributed by atoms with Gasteiger partial charge in [0.15, 0.2) is 0 Å². The molecule has 130 valence electrons. The molecule has 3 rings (SSSR count). The van der Waals surface area contributed by atoms with Crippen molar-refractivity contribution in [3.8, 4) is 0 Å². The first-order valence-electron chi connectivity index (χ1n) is 9.01. The third-order valence-electron chi connectivity index (χ3n) is 4.85. The molecule has 0 spiro atoms. The van der Waals surface area contributed by atoms with Gasteiger partial charge < -0.3 is 15.5 Å². The molecule has 2 N–H and O–H groups in total. The lowest BCUT2D eigenvalue weighted by molar-refractivity contribution is -0.129. The third-order valence-corrected chi connectivity index (χ3v) is 4.85. The highest BCUT2D eigenvalue weighted by molar-refractivity contribution is 5.86. The van der Waals surface area contributed by atoms with E-state index in [-0.39, 0.29) is 11.9 Å². The summed E-state index contributed by atoms with van der Waals surface area (Å²) < 4.78 is 0. The minimum atomic E-state index is -0.273. The zero-order chi connectivity index (χ0) is 16.9. The summed E-state index contributed by atoms with van der Waals surface area (Å²) in [5, 5.41) is 6.40. The lowest BCUT2D eigenvalue weighted by Crippen LogP contribution is -2.39. The van der Waals surface area contributed by atoms with Crippen molar-refractivity contribution in [2.75, 3.05) is 36.4 Å². The van der Waals surface area contributed by atoms with Crippen molar-refractivity contribution in [3.63, 3.8) is 0 Å². The van der Waals surface area contributed by atoms with Crippen molar-refractivity contribution in [1.29, 1.82) is 0 Å². The maximum absolute atomic E-state index is 12.5. The molecule has 0 saturated carbocycles. The van der Waals surface area contributed by atoms with E-state index in [9.17, 15) is 4.79 Å². The number of amides is 1. The summed E-state index contributed by atoms with van der Waals surface area (Å²) in [5.41, 5.74) is 2.26. The molecule has 0 aliphatic carbocycles. The molecule has 2 aliphatic heterocycles. The molecule has 1 aromatic rings. The van der Waals surface area contributed by atoms with Crippen LogP contribution in [0.2, 0.25) is 0 Å². The summed E-state index contributed by atoms with van der Waals surface area (Å²) in [6.45, 7) is 9.54. The molecule has 1 amide bonds. The maximum Gasteiger partial charge on any atom is 0.250 e. The number of hydrogen-bond donors (Lipinski definition) is 2. The average Bonchev–Trinajstić information content (AvgIpc) is 2.85. The highest BCUT2D eigenvalue weighted by Crippen LogP contribution is 2.22. The summed E-state index contributed by atoms with van der Waals surface area (Å²) >= 11 is 0. The van der Waals surface area contributed by atoms with Gasteiger partial charge in [-0.05, 0) is 44.0 Å². The maximum atomic E-state index is 12.5. The van der Waals surface area contributed by atoms with Gasteiger partial charge in [0.25, 0.3) is 0 Å². The first kappa shape index (κ1) is 16.7. The Labute approximate surface area is 144 Å². The van der Waals surface area contributed by atoms with Crippen LogP contribution >= 0.6 is 0 Å². The van der Waals surface area contributed by atoms with Crippen LogP contribution in [0.1, 0.15) is 32.6 Å². The van der Waals surface area contributed by atoms with E-state index in [1.54, 1.807) is 4.90 Å². The Hall–Kier alpha value is -2.17. The van der Waals surface area contributed by atoms with E-state index >= 15 is 0 Å². The zero-order valence-electron chi connectivity index (χ0n) is 14.6. The Morgan fingerprint density at radius 3 is 2.38 bits per heavy atom. The van der Waals surface area contributed by atoms with Gasteiger partial charge in [-0.3, -0.25) is 9.69 Å². The number of nitrogens with zero attached hydrogens (tertiary/aromatic N) is 2. The number of hydrogen-bond acceptors (Lipinski definition) is 4. The first-order valence-corrected chi connectivity index (χ1v) is 9.01. The van der Waals surface area contributed by atoms with E-state index in [0.717, 1.165) is 25.3 Å². The van der Waals surface area contributed by atoms with Crippen LogP contribution in [0.15, 0.2) is 36.7 Å². The second-order valence-electron chi connectivity index (χ2n) is 6.68. The minimum absolute atomic E-state index is 0.0570. The van der Waals surface area contributed by atoms with Gasteiger partial charge in [0, 0.05) is 37.6 Å². The fourth-order valence-corrected chi connectivity index (χ4v) is 3.43. The van der Waals surface area contributed by atoms with E-state index in [1.165, 1.54) is 31.4 Å². The van der Waals surface area contributed by atoms with Crippen LogP contribution in [0.3, 0.4) is 0 Å². The van der Waals surface area contributed by atoms with E-state index < -0.39 is 0 Å². The van der Waals surface area contributed by atoms with Crippen LogP contribution in [0.5, 0.6) is 0 Å². The van der Waals surface area contributed by atoms with Crippen LogP contribution < -0.4 is 15.5 Å². The molecule has 2 saturated heterocycles. The number of benzene rings is 1. The predicted molar refractivity (Wildman–Crippen MR) is 99.1 cm³/mol. The largest absolute Gasteiger partial charge is 0.374 e. The van der Waals surface area contributed by atoms with Crippen LogP contribution in [0, 0.1) is 0 Å². The van der Waals surface area contributed by atoms with E-state index in [1.807, 2.05) is 6.92 Å². The molecule has 0 radical (unpaired) electrons. The van der Waals surface area contributed by atoms with E-state index in [2.05, 4.69) is 46.4 Å². The molecule has 2 aliphatic rings. The summed E-state index contributed by atoms with van der Waals surface area (Å²) in [6.07, 6.45) is 5.23. The van der Waals surface area contributed by atoms with Gasteiger partial charge in [-0.2, -0.15) is 0 Å². The van der Waals surface area contributed by atoms with Gasteiger partial charge in [-0.1, -0.05) is 19.4 Å². The summed E-state index contributed by atoms with van der Waals surface area (Å²) in [6, 6.07) is 8.18. The SMILES string of the molecule is C=C1NCCN1C(=O)C(C)Nc1ccc(N2CCCCCC2)cc1. The molecule has 5 heteroatoms. The topological polar surface area (TPSA) is 47.6 Å². The molecule has 1 atom stereocenters. The molecule has 1 aromatic carbocycles. The molecule has 5 nitrogen and oxygen atoms in total. The van der Waals surface area contributed by atoms with Gasteiger partial charge in [0.1, 0.15) is 11.9 Å². The Kier molecular flexibility index (Phi) is 5.28. The van der Waals surface area contributed by atoms with Gasteiger partial charge in [-0.25, -0.2) is 0 Å². The number of anilines is 2. The Balaban J connectivity index is 1.59. The molecular formula is C19H28N4O. The molecule has 24 heavy (non-hydrogen) atoms. The van der Waals surface area contributed by atoms with Gasteiger partial charge in [0.05, 0.1) is 0 Å². The van der Waals surface area contributed by atoms with Crippen LogP contribution in [-0.2, 0) is 4.79 Å². The molecule has 0 bridgehead atoms. The van der Waals surface area contributed by atoms with Crippen LogP contribution in [0.25, 0.3) is 0 Å². The van der Waals surface area contributed by atoms with Gasteiger partial charge in [-0.15, -0.1) is 0 Å². The number of carbonyl (C=O) groups excluding carboxylic acids is 1. The monoisotopic (exact) mass is 328 g/mol. The van der Waals surface area contributed by atoms with Crippen LogP contribution in [-0.4, -0.2) is 43.0 Å². The summed E-state index contributed by atoms with van der Waals surface area (Å²) in [7, 11) is 0. The Morgan fingerprint density at radius 1 is 1.12 bits per heavy atom. The lowest BCUT2D eigenvalue weighted by Gasteiger charge is -2.24. The number of carbonyl (C=O) groups is 1. The van der Waals surface area contributed by atoms with E-state index in [4.69, 9.17) is 0 Å². The lowest BCUT2D eigenvalue weighted by atomic mass is 10.2. The summed E-state index contributed by atoms with van der Waals surface area (Å²) in [5.74, 6) is 0.756. The molecular weight excluding hydrogens is 300 g/mol. The second kappa shape index (κ2) is 7.60.